The number of pyridine rings is 1. The molecule has 1 aliphatic rings. The number of carbonyl (C=O) groups excluding carboxylic acids is 1. The van der Waals surface area contributed by atoms with Gasteiger partial charge in [0.05, 0.1) is 23.2 Å². The van der Waals surface area contributed by atoms with Crippen LogP contribution in [0, 0.1) is 6.92 Å². The molecule has 2 aromatic heterocycles. The molecule has 4 rings (SSSR count). The molecule has 2 N–H and O–H groups in total. The zero-order valence-electron chi connectivity index (χ0n) is 15.6. The molecule has 0 aliphatic heterocycles. The number of fused-ring (bicyclic) bond motifs is 1. The molecule has 27 heavy (non-hydrogen) atoms. The van der Waals surface area contributed by atoms with Crippen LogP contribution in [0.5, 0.6) is 0 Å². The Morgan fingerprint density at radius 1 is 1.22 bits per heavy atom. The molecular weight excluding hydrogens is 338 g/mol. The van der Waals surface area contributed by atoms with Crippen molar-refractivity contribution in [3.8, 4) is 0 Å². The van der Waals surface area contributed by atoms with Crippen molar-refractivity contribution in [1.29, 1.82) is 0 Å². The van der Waals surface area contributed by atoms with Gasteiger partial charge in [0, 0.05) is 18.9 Å². The van der Waals surface area contributed by atoms with E-state index in [1.807, 2.05) is 18.3 Å². The van der Waals surface area contributed by atoms with Crippen LogP contribution < -0.4 is 5.32 Å². The number of carbonyl (C=O) groups is 1. The maximum atomic E-state index is 12.9. The Morgan fingerprint density at radius 2 is 2.00 bits per heavy atom. The molecule has 1 amide bonds. The number of rotatable bonds is 4. The Balaban J connectivity index is 1.63. The lowest BCUT2D eigenvalue weighted by molar-refractivity contribution is 0.0718. The molecule has 2 heterocycles. The third-order valence-electron chi connectivity index (χ3n) is 5.40. The van der Waals surface area contributed by atoms with E-state index in [2.05, 4.69) is 46.1 Å². The van der Waals surface area contributed by atoms with Gasteiger partial charge in [0.1, 0.15) is 5.52 Å². The van der Waals surface area contributed by atoms with Crippen LogP contribution in [0.1, 0.15) is 47.2 Å². The minimum absolute atomic E-state index is 0.160. The van der Waals surface area contributed by atoms with Gasteiger partial charge in [-0.25, -0.2) is 0 Å². The lowest BCUT2D eigenvalue weighted by atomic mass is 9.92. The highest BCUT2D eigenvalue weighted by molar-refractivity contribution is 6.05. The second kappa shape index (κ2) is 7.53. The average Bonchev–Trinajstić information content (AvgIpc) is 3.04. The van der Waals surface area contributed by atoms with Crippen LogP contribution in [0.3, 0.4) is 0 Å². The van der Waals surface area contributed by atoms with Gasteiger partial charge in [-0.15, -0.1) is 0 Å². The highest BCUT2D eigenvalue weighted by Crippen LogP contribution is 2.23. The first-order valence-electron chi connectivity index (χ1n) is 9.60. The van der Waals surface area contributed by atoms with Crippen molar-refractivity contribution < 1.29 is 9.90 Å². The van der Waals surface area contributed by atoms with E-state index in [0.717, 1.165) is 31.2 Å². The highest BCUT2D eigenvalue weighted by Gasteiger charge is 2.26. The van der Waals surface area contributed by atoms with Crippen molar-refractivity contribution in [2.75, 3.05) is 0 Å². The van der Waals surface area contributed by atoms with Crippen LogP contribution in [0.2, 0.25) is 0 Å². The standard InChI is InChI=1S/C22H25N3O2/c1-15-8-10-16(11-9-15)13-25-14-17(21-19(25)6-4-12-23-21)22(27)24-18-5-2-3-7-20(18)26/h4,6,8-12,14,18,20,26H,2-3,5,7,13H2,1H3,(H,24,27)/t18?,20-/m0/s1. The average molecular weight is 363 g/mol. The van der Waals surface area contributed by atoms with Crippen LogP contribution in [-0.4, -0.2) is 32.7 Å². The maximum Gasteiger partial charge on any atom is 0.255 e. The highest BCUT2D eigenvalue weighted by atomic mass is 16.3. The molecule has 1 fully saturated rings. The Morgan fingerprint density at radius 3 is 2.78 bits per heavy atom. The summed E-state index contributed by atoms with van der Waals surface area (Å²) in [6.07, 6.45) is 6.75. The summed E-state index contributed by atoms with van der Waals surface area (Å²) in [6.45, 7) is 2.75. The lowest BCUT2D eigenvalue weighted by Crippen LogP contribution is -2.45. The Labute approximate surface area is 159 Å². The minimum Gasteiger partial charge on any atom is -0.391 e. The number of nitrogens with zero attached hydrogens (tertiary/aromatic N) is 2. The maximum absolute atomic E-state index is 12.9. The zero-order chi connectivity index (χ0) is 18.8. The number of nitrogens with one attached hydrogen (secondary N) is 1. The van der Waals surface area contributed by atoms with Crippen LogP contribution >= 0.6 is 0 Å². The second-order valence-corrected chi connectivity index (χ2v) is 7.46. The van der Waals surface area contributed by atoms with Gasteiger partial charge in [-0.2, -0.15) is 0 Å². The van der Waals surface area contributed by atoms with Crippen molar-refractivity contribution in [3.05, 3.63) is 65.5 Å². The third-order valence-corrected chi connectivity index (χ3v) is 5.40. The Kier molecular flexibility index (Phi) is 4.94. The van der Waals surface area contributed by atoms with E-state index >= 15 is 0 Å². The summed E-state index contributed by atoms with van der Waals surface area (Å²) < 4.78 is 2.07. The van der Waals surface area contributed by atoms with E-state index in [0.29, 0.717) is 17.6 Å². The molecule has 0 bridgehead atoms. The van der Waals surface area contributed by atoms with Gasteiger partial charge in [-0.1, -0.05) is 42.7 Å². The fraction of sp³-hybridized carbons (Fsp3) is 0.364. The van der Waals surface area contributed by atoms with E-state index in [4.69, 9.17) is 0 Å². The van der Waals surface area contributed by atoms with Crippen LogP contribution in [0.15, 0.2) is 48.8 Å². The molecule has 3 aromatic rings. The van der Waals surface area contributed by atoms with Gasteiger partial charge >= 0.3 is 0 Å². The summed E-state index contributed by atoms with van der Waals surface area (Å²) in [4.78, 5) is 17.4. The first-order valence-corrected chi connectivity index (χ1v) is 9.60. The molecule has 5 heteroatoms. The van der Waals surface area contributed by atoms with Gasteiger partial charge < -0.3 is 15.0 Å². The van der Waals surface area contributed by atoms with E-state index in [1.165, 1.54) is 11.1 Å². The minimum atomic E-state index is -0.462. The number of benzene rings is 1. The van der Waals surface area contributed by atoms with Gasteiger partial charge in [0.2, 0.25) is 0 Å². The molecule has 0 saturated heterocycles. The molecule has 5 nitrogen and oxygen atoms in total. The third kappa shape index (κ3) is 3.74. The number of aliphatic hydroxyl groups is 1. The van der Waals surface area contributed by atoms with Crippen LogP contribution in [-0.2, 0) is 6.54 Å². The number of aliphatic hydroxyl groups excluding tert-OH is 1. The van der Waals surface area contributed by atoms with Crippen LogP contribution in [0.4, 0.5) is 0 Å². The van der Waals surface area contributed by atoms with Crippen molar-refractivity contribution in [2.24, 2.45) is 0 Å². The molecule has 0 spiro atoms. The second-order valence-electron chi connectivity index (χ2n) is 7.46. The van der Waals surface area contributed by atoms with Crippen molar-refractivity contribution in [3.63, 3.8) is 0 Å². The number of aromatic nitrogens is 2. The normalized spacial score (nSPS) is 19.9. The molecule has 0 radical (unpaired) electrons. The van der Waals surface area contributed by atoms with E-state index in [-0.39, 0.29) is 11.9 Å². The summed E-state index contributed by atoms with van der Waals surface area (Å²) in [5, 5.41) is 13.2. The Bertz CT molecular complexity index is 946. The van der Waals surface area contributed by atoms with E-state index < -0.39 is 6.10 Å². The quantitative estimate of drug-likeness (QED) is 0.746. The molecule has 1 aliphatic carbocycles. The predicted molar refractivity (Wildman–Crippen MR) is 106 cm³/mol. The number of amides is 1. The summed E-state index contributed by atoms with van der Waals surface area (Å²) in [5.41, 5.74) is 4.61. The fourth-order valence-electron chi connectivity index (χ4n) is 3.84. The Hall–Kier alpha value is -2.66. The molecular formula is C22H25N3O2. The largest absolute Gasteiger partial charge is 0.391 e. The molecule has 2 atom stereocenters. The van der Waals surface area contributed by atoms with Gasteiger partial charge in [-0.05, 0) is 37.5 Å². The first-order chi connectivity index (χ1) is 13.1. The van der Waals surface area contributed by atoms with Crippen molar-refractivity contribution >= 4 is 16.9 Å². The van der Waals surface area contributed by atoms with Gasteiger partial charge in [0.15, 0.2) is 0 Å². The fourth-order valence-corrected chi connectivity index (χ4v) is 3.84. The SMILES string of the molecule is Cc1ccc(Cn2cc(C(=O)NC3CCCC[C@@H]3O)c3ncccc32)cc1. The number of aryl methyl sites for hydroxylation is 1. The van der Waals surface area contributed by atoms with Crippen molar-refractivity contribution in [2.45, 2.75) is 51.3 Å². The topological polar surface area (TPSA) is 67.2 Å². The smallest absolute Gasteiger partial charge is 0.255 e. The lowest BCUT2D eigenvalue weighted by Gasteiger charge is -2.28. The van der Waals surface area contributed by atoms with Gasteiger partial charge in [-0.3, -0.25) is 9.78 Å². The molecule has 1 saturated carbocycles. The first kappa shape index (κ1) is 17.7. The number of hydrogen-bond donors (Lipinski definition) is 2. The molecule has 1 aromatic carbocycles. The summed E-state index contributed by atoms with van der Waals surface area (Å²) in [5.74, 6) is -0.160. The van der Waals surface area contributed by atoms with Crippen molar-refractivity contribution in [1.82, 2.24) is 14.9 Å². The monoisotopic (exact) mass is 363 g/mol. The van der Waals surface area contributed by atoms with E-state index in [9.17, 15) is 9.90 Å². The summed E-state index contributed by atoms with van der Waals surface area (Å²) in [7, 11) is 0. The zero-order valence-corrected chi connectivity index (χ0v) is 15.6. The molecule has 1 unspecified atom stereocenters. The van der Waals surface area contributed by atoms with Gasteiger partial charge in [0.25, 0.3) is 5.91 Å². The predicted octanol–water partition coefficient (Wildman–Crippen LogP) is 3.43. The van der Waals surface area contributed by atoms with Crippen LogP contribution in [0.25, 0.3) is 11.0 Å². The molecule has 140 valence electrons. The summed E-state index contributed by atoms with van der Waals surface area (Å²) >= 11 is 0. The van der Waals surface area contributed by atoms with E-state index in [1.54, 1.807) is 6.20 Å². The number of hydrogen-bond acceptors (Lipinski definition) is 3. The summed E-state index contributed by atoms with van der Waals surface area (Å²) in [6, 6.07) is 12.1.